The Balaban J connectivity index is 2.02. The highest BCUT2D eigenvalue weighted by molar-refractivity contribution is 5.44. The van der Waals surface area contributed by atoms with Gasteiger partial charge in [0.05, 0.1) is 32.7 Å². The fraction of sp³-hybridized carbons (Fsp3) is 0.444. The molecular weight excluding hydrogens is 306 g/mol. The molecule has 2 rings (SSSR count). The van der Waals surface area contributed by atoms with E-state index in [9.17, 15) is 0 Å². The van der Waals surface area contributed by atoms with Crippen LogP contribution >= 0.6 is 0 Å². The number of methoxy groups -OCH3 is 1. The summed E-state index contributed by atoms with van der Waals surface area (Å²) in [5, 5.41) is 3.18. The quantitative estimate of drug-likeness (QED) is 0.758. The molecule has 1 aromatic carbocycles. The molecule has 0 aliphatic carbocycles. The zero-order valence-electron chi connectivity index (χ0n) is 14.7. The van der Waals surface area contributed by atoms with Gasteiger partial charge in [-0.05, 0) is 30.5 Å². The van der Waals surface area contributed by atoms with Crippen LogP contribution in [0, 0.1) is 5.92 Å². The summed E-state index contributed by atoms with van der Waals surface area (Å²) in [4.78, 5) is 8.37. The molecule has 2 aromatic rings. The number of aromatic nitrogens is 2. The first kappa shape index (κ1) is 17.8. The van der Waals surface area contributed by atoms with Gasteiger partial charge in [0.15, 0.2) is 17.2 Å². The number of anilines is 1. The van der Waals surface area contributed by atoms with E-state index < -0.39 is 0 Å². The van der Waals surface area contributed by atoms with Crippen LogP contribution in [0.2, 0.25) is 0 Å². The van der Waals surface area contributed by atoms with Crippen LogP contribution in [0.5, 0.6) is 17.2 Å². The van der Waals surface area contributed by atoms with Gasteiger partial charge in [0.25, 0.3) is 0 Å². The highest BCUT2D eigenvalue weighted by atomic mass is 16.5. The number of hydrogen-bond acceptors (Lipinski definition) is 6. The fourth-order valence-corrected chi connectivity index (χ4v) is 2.00. The zero-order chi connectivity index (χ0) is 17.4. The van der Waals surface area contributed by atoms with Gasteiger partial charge >= 0.3 is 0 Å². The Kier molecular flexibility index (Phi) is 6.66. The maximum absolute atomic E-state index is 5.81. The first-order valence-electron chi connectivity index (χ1n) is 8.10. The van der Waals surface area contributed by atoms with Crippen LogP contribution in [0.4, 0.5) is 5.95 Å². The minimum absolute atomic E-state index is 0.466. The summed E-state index contributed by atoms with van der Waals surface area (Å²) in [6, 6.07) is 5.93. The Labute approximate surface area is 143 Å². The van der Waals surface area contributed by atoms with Gasteiger partial charge in [-0.2, -0.15) is 0 Å². The lowest BCUT2D eigenvalue weighted by Crippen LogP contribution is -2.07. The van der Waals surface area contributed by atoms with E-state index in [1.165, 1.54) is 0 Å². The van der Waals surface area contributed by atoms with Gasteiger partial charge in [-0.15, -0.1) is 0 Å². The van der Waals surface area contributed by atoms with Crippen molar-refractivity contribution in [1.82, 2.24) is 9.97 Å². The maximum Gasteiger partial charge on any atom is 0.223 e. The van der Waals surface area contributed by atoms with Crippen molar-refractivity contribution < 1.29 is 14.2 Å². The van der Waals surface area contributed by atoms with Crippen molar-refractivity contribution in [1.29, 1.82) is 0 Å². The molecule has 6 heteroatoms. The molecule has 0 aliphatic rings. The predicted molar refractivity (Wildman–Crippen MR) is 93.9 cm³/mol. The standard InChI is InChI=1S/C18H25N3O3/c1-5-23-17-8-14(6-7-16(17)24-12-13(2)3)9-19-18-20-10-15(22-4)11-21-18/h6-8,10-11,13H,5,9,12H2,1-4H3,(H,19,20,21). The van der Waals surface area contributed by atoms with E-state index in [-0.39, 0.29) is 0 Å². The molecule has 6 nitrogen and oxygen atoms in total. The minimum Gasteiger partial charge on any atom is -0.494 e. The number of nitrogens with one attached hydrogen (secondary N) is 1. The van der Waals surface area contributed by atoms with Gasteiger partial charge in [0.1, 0.15) is 0 Å². The smallest absolute Gasteiger partial charge is 0.223 e. The van der Waals surface area contributed by atoms with E-state index in [2.05, 4.69) is 29.1 Å². The van der Waals surface area contributed by atoms with E-state index in [1.54, 1.807) is 19.5 Å². The lowest BCUT2D eigenvalue weighted by molar-refractivity contribution is 0.248. The summed E-state index contributed by atoms with van der Waals surface area (Å²) in [7, 11) is 1.59. The highest BCUT2D eigenvalue weighted by Gasteiger charge is 2.08. The second-order valence-electron chi connectivity index (χ2n) is 5.72. The van der Waals surface area contributed by atoms with E-state index >= 15 is 0 Å². The summed E-state index contributed by atoms with van der Waals surface area (Å²) in [6.07, 6.45) is 3.26. The molecule has 0 radical (unpaired) electrons. The lowest BCUT2D eigenvalue weighted by atomic mass is 10.2. The molecule has 0 aliphatic heterocycles. The summed E-state index contributed by atoms with van der Waals surface area (Å²) in [5.74, 6) is 3.18. The summed E-state index contributed by atoms with van der Waals surface area (Å²) >= 11 is 0. The van der Waals surface area contributed by atoms with Gasteiger partial charge in [-0.25, -0.2) is 9.97 Å². The Bertz CT molecular complexity index is 630. The minimum atomic E-state index is 0.466. The normalized spacial score (nSPS) is 10.5. The molecule has 130 valence electrons. The number of rotatable bonds is 9. The van der Waals surface area contributed by atoms with Crippen LogP contribution in [-0.4, -0.2) is 30.3 Å². The summed E-state index contributed by atoms with van der Waals surface area (Å²) in [6.45, 7) is 8.05. The topological polar surface area (TPSA) is 65.5 Å². The molecule has 0 unspecified atom stereocenters. The SMILES string of the molecule is CCOc1cc(CNc2ncc(OC)cn2)ccc1OCC(C)C. The Hall–Kier alpha value is -2.50. The average Bonchev–Trinajstić information content (AvgIpc) is 2.59. The monoisotopic (exact) mass is 331 g/mol. The average molecular weight is 331 g/mol. The third-order valence-electron chi connectivity index (χ3n) is 3.19. The molecular formula is C18H25N3O3. The van der Waals surface area contributed by atoms with E-state index in [4.69, 9.17) is 14.2 Å². The molecule has 0 spiro atoms. The lowest BCUT2D eigenvalue weighted by Gasteiger charge is -2.15. The first-order valence-corrected chi connectivity index (χ1v) is 8.10. The second kappa shape index (κ2) is 8.96. The largest absolute Gasteiger partial charge is 0.494 e. The number of hydrogen-bond donors (Lipinski definition) is 1. The summed E-state index contributed by atoms with van der Waals surface area (Å²) in [5.41, 5.74) is 1.06. The molecule has 1 heterocycles. The van der Waals surface area contributed by atoms with Crippen LogP contribution in [-0.2, 0) is 6.54 Å². The fourth-order valence-electron chi connectivity index (χ4n) is 2.00. The number of ether oxygens (including phenoxy) is 3. The maximum atomic E-state index is 5.81. The molecule has 0 saturated heterocycles. The van der Waals surface area contributed by atoms with E-state index in [0.29, 0.717) is 37.4 Å². The van der Waals surface area contributed by atoms with Crippen molar-refractivity contribution in [3.8, 4) is 17.2 Å². The van der Waals surface area contributed by atoms with Crippen molar-refractivity contribution in [3.63, 3.8) is 0 Å². The molecule has 0 fully saturated rings. The van der Waals surface area contributed by atoms with Crippen molar-refractivity contribution in [3.05, 3.63) is 36.2 Å². The Morgan fingerprint density at radius 1 is 1.08 bits per heavy atom. The molecule has 0 atom stereocenters. The molecule has 0 bridgehead atoms. The van der Waals surface area contributed by atoms with Crippen molar-refractivity contribution >= 4 is 5.95 Å². The third-order valence-corrected chi connectivity index (χ3v) is 3.19. The third kappa shape index (κ3) is 5.30. The molecule has 0 saturated carbocycles. The van der Waals surface area contributed by atoms with Crippen molar-refractivity contribution in [2.45, 2.75) is 27.3 Å². The number of nitrogens with zero attached hydrogens (tertiary/aromatic N) is 2. The predicted octanol–water partition coefficient (Wildman–Crippen LogP) is 3.53. The highest BCUT2D eigenvalue weighted by Crippen LogP contribution is 2.29. The summed E-state index contributed by atoms with van der Waals surface area (Å²) < 4.78 is 16.5. The molecule has 24 heavy (non-hydrogen) atoms. The van der Waals surface area contributed by atoms with Gasteiger partial charge in [0.2, 0.25) is 5.95 Å². The zero-order valence-corrected chi connectivity index (χ0v) is 14.7. The van der Waals surface area contributed by atoms with Crippen LogP contribution < -0.4 is 19.5 Å². The van der Waals surface area contributed by atoms with Crippen LogP contribution in [0.1, 0.15) is 26.3 Å². The molecule has 1 N–H and O–H groups in total. The van der Waals surface area contributed by atoms with Gasteiger partial charge in [-0.3, -0.25) is 0 Å². The van der Waals surface area contributed by atoms with Gasteiger partial charge < -0.3 is 19.5 Å². The number of benzene rings is 1. The Morgan fingerprint density at radius 3 is 2.46 bits per heavy atom. The van der Waals surface area contributed by atoms with Crippen LogP contribution in [0.3, 0.4) is 0 Å². The van der Waals surface area contributed by atoms with Crippen LogP contribution in [0.15, 0.2) is 30.6 Å². The Morgan fingerprint density at radius 2 is 1.83 bits per heavy atom. The van der Waals surface area contributed by atoms with Crippen molar-refractivity contribution in [2.24, 2.45) is 5.92 Å². The second-order valence-corrected chi connectivity index (χ2v) is 5.72. The van der Waals surface area contributed by atoms with Gasteiger partial charge in [0, 0.05) is 6.54 Å². The molecule has 0 amide bonds. The van der Waals surface area contributed by atoms with Crippen LogP contribution in [0.25, 0.3) is 0 Å². The van der Waals surface area contributed by atoms with Crippen molar-refractivity contribution in [2.75, 3.05) is 25.6 Å². The van der Waals surface area contributed by atoms with E-state index in [0.717, 1.165) is 17.1 Å². The van der Waals surface area contributed by atoms with E-state index in [1.807, 2.05) is 25.1 Å². The first-order chi connectivity index (χ1) is 11.6. The molecule has 1 aromatic heterocycles. The van der Waals surface area contributed by atoms with Gasteiger partial charge in [-0.1, -0.05) is 19.9 Å².